The number of nitrogens with one attached hydrogen (secondary N) is 2. The maximum Gasteiger partial charge on any atom is 0.191 e. The summed E-state index contributed by atoms with van der Waals surface area (Å²) in [5.74, 6) is 1.91. The van der Waals surface area contributed by atoms with E-state index in [1.165, 1.54) is 11.1 Å². The molecule has 0 fully saturated rings. The van der Waals surface area contributed by atoms with E-state index in [-0.39, 0.29) is 0 Å². The average Bonchev–Trinajstić information content (AvgIpc) is 3.12. The van der Waals surface area contributed by atoms with Crippen LogP contribution in [0.1, 0.15) is 56.2 Å². The SMILES string of the molecule is CCNC(=NCc1ccccc1COCC)NCc1cc(C(C)C)no1. The van der Waals surface area contributed by atoms with E-state index in [2.05, 4.69) is 46.8 Å². The fourth-order valence-corrected chi connectivity index (χ4v) is 2.43. The zero-order chi connectivity index (χ0) is 18.8. The van der Waals surface area contributed by atoms with Crippen LogP contribution < -0.4 is 10.6 Å². The van der Waals surface area contributed by atoms with Gasteiger partial charge >= 0.3 is 0 Å². The Hall–Kier alpha value is -2.34. The number of guanidine groups is 1. The summed E-state index contributed by atoms with van der Waals surface area (Å²) in [7, 11) is 0. The molecule has 2 aromatic rings. The van der Waals surface area contributed by atoms with Gasteiger partial charge in [-0.05, 0) is 30.9 Å². The Labute approximate surface area is 156 Å². The summed E-state index contributed by atoms with van der Waals surface area (Å²) in [5, 5.41) is 10.6. The number of benzene rings is 1. The molecule has 0 aliphatic carbocycles. The van der Waals surface area contributed by atoms with Gasteiger partial charge in [-0.15, -0.1) is 0 Å². The molecular weight excluding hydrogens is 328 g/mol. The number of aliphatic imine (C=N–C) groups is 1. The maximum atomic E-state index is 5.54. The van der Waals surface area contributed by atoms with Crippen LogP contribution in [0, 0.1) is 0 Å². The minimum absolute atomic E-state index is 0.358. The highest BCUT2D eigenvalue weighted by Gasteiger charge is 2.08. The summed E-state index contributed by atoms with van der Waals surface area (Å²) in [6.07, 6.45) is 0. The quantitative estimate of drug-likeness (QED) is 0.529. The monoisotopic (exact) mass is 358 g/mol. The summed E-state index contributed by atoms with van der Waals surface area (Å²) in [6.45, 7) is 11.5. The number of ether oxygens (including phenoxy) is 1. The summed E-state index contributed by atoms with van der Waals surface area (Å²) in [4.78, 5) is 4.69. The normalized spacial score (nSPS) is 11.8. The molecular formula is C20H30N4O2. The van der Waals surface area contributed by atoms with Crippen molar-refractivity contribution in [3.63, 3.8) is 0 Å². The number of hydrogen-bond donors (Lipinski definition) is 2. The largest absolute Gasteiger partial charge is 0.377 e. The third kappa shape index (κ3) is 6.19. The molecule has 0 saturated carbocycles. The van der Waals surface area contributed by atoms with E-state index < -0.39 is 0 Å². The van der Waals surface area contributed by atoms with Crippen LogP contribution in [-0.4, -0.2) is 24.3 Å². The molecule has 0 saturated heterocycles. The molecule has 0 unspecified atom stereocenters. The molecule has 0 atom stereocenters. The van der Waals surface area contributed by atoms with Gasteiger partial charge in [0.25, 0.3) is 0 Å². The number of nitrogens with zero attached hydrogens (tertiary/aromatic N) is 2. The van der Waals surface area contributed by atoms with Crippen molar-refractivity contribution in [2.75, 3.05) is 13.2 Å². The number of hydrogen-bond acceptors (Lipinski definition) is 4. The first-order valence-corrected chi connectivity index (χ1v) is 9.26. The fraction of sp³-hybridized carbons (Fsp3) is 0.500. The molecule has 1 aromatic carbocycles. The highest BCUT2D eigenvalue weighted by molar-refractivity contribution is 5.79. The Morgan fingerprint density at radius 3 is 2.62 bits per heavy atom. The predicted octanol–water partition coefficient (Wildman–Crippen LogP) is 3.59. The van der Waals surface area contributed by atoms with Crippen molar-refractivity contribution >= 4 is 5.96 Å². The second-order valence-electron chi connectivity index (χ2n) is 6.33. The summed E-state index contributed by atoms with van der Waals surface area (Å²) >= 11 is 0. The minimum Gasteiger partial charge on any atom is -0.377 e. The standard InChI is InChI=1S/C20H30N4O2/c1-5-21-20(23-13-18-11-19(15(3)4)24-26-18)22-12-16-9-7-8-10-17(16)14-25-6-2/h7-11,15H,5-6,12-14H2,1-4H3,(H2,21,22,23). The van der Waals surface area contributed by atoms with Crippen molar-refractivity contribution in [1.82, 2.24) is 15.8 Å². The smallest absolute Gasteiger partial charge is 0.191 e. The number of rotatable bonds is 9. The van der Waals surface area contributed by atoms with Gasteiger partial charge in [0, 0.05) is 19.2 Å². The molecule has 0 spiro atoms. The van der Waals surface area contributed by atoms with Crippen LogP contribution in [0.2, 0.25) is 0 Å². The minimum atomic E-state index is 0.358. The van der Waals surface area contributed by atoms with E-state index in [4.69, 9.17) is 9.26 Å². The zero-order valence-corrected chi connectivity index (χ0v) is 16.2. The highest BCUT2D eigenvalue weighted by Crippen LogP contribution is 2.14. The number of aromatic nitrogens is 1. The lowest BCUT2D eigenvalue weighted by molar-refractivity contribution is 0.133. The second-order valence-corrected chi connectivity index (χ2v) is 6.33. The Morgan fingerprint density at radius 2 is 1.96 bits per heavy atom. The van der Waals surface area contributed by atoms with Crippen LogP contribution in [0.25, 0.3) is 0 Å². The van der Waals surface area contributed by atoms with E-state index in [9.17, 15) is 0 Å². The molecule has 142 valence electrons. The highest BCUT2D eigenvalue weighted by atomic mass is 16.5. The van der Waals surface area contributed by atoms with Crippen LogP contribution in [0.4, 0.5) is 0 Å². The van der Waals surface area contributed by atoms with Crippen LogP contribution in [0.15, 0.2) is 39.8 Å². The molecule has 1 aromatic heterocycles. The molecule has 0 aliphatic rings. The second kappa shape index (κ2) is 10.6. The van der Waals surface area contributed by atoms with Crippen LogP contribution in [0.5, 0.6) is 0 Å². The molecule has 6 heteroatoms. The molecule has 6 nitrogen and oxygen atoms in total. The van der Waals surface area contributed by atoms with Crippen LogP contribution in [0.3, 0.4) is 0 Å². The Balaban J connectivity index is 1.99. The van der Waals surface area contributed by atoms with E-state index >= 15 is 0 Å². The van der Waals surface area contributed by atoms with Gasteiger partial charge in [-0.2, -0.15) is 0 Å². The van der Waals surface area contributed by atoms with Crippen molar-refractivity contribution in [3.8, 4) is 0 Å². The maximum absolute atomic E-state index is 5.54. The average molecular weight is 358 g/mol. The first-order valence-electron chi connectivity index (χ1n) is 9.26. The molecule has 2 N–H and O–H groups in total. The van der Waals surface area contributed by atoms with Gasteiger partial charge in [-0.3, -0.25) is 0 Å². The topological polar surface area (TPSA) is 71.7 Å². The molecule has 1 heterocycles. The lowest BCUT2D eigenvalue weighted by Gasteiger charge is -2.11. The predicted molar refractivity (Wildman–Crippen MR) is 104 cm³/mol. The molecule has 0 radical (unpaired) electrons. The fourth-order valence-electron chi connectivity index (χ4n) is 2.43. The van der Waals surface area contributed by atoms with Crippen LogP contribution >= 0.6 is 0 Å². The first kappa shape index (κ1) is 20.0. The van der Waals surface area contributed by atoms with Crippen molar-refractivity contribution < 1.29 is 9.26 Å². The summed E-state index contributed by atoms with van der Waals surface area (Å²) in [6, 6.07) is 10.2. The van der Waals surface area contributed by atoms with Crippen molar-refractivity contribution in [3.05, 3.63) is 52.9 Å². The molecule has 2 rings (SSSR count). The molecule has 0 amide bonds. The van der Waals surface area contributed by atoms with E-state index in [0.29, 0.717) is 32.2 Å². The Kier molecular flexibility index (Phi) is 8.15. The Morgan fingerprint density at radius 1 is 1.19 bits per heavy atom. The molecule has 0 bridgehead atoms. The Bertz CT molecular complexity index is 695. The summed E-state index contributed by atoms with van der Waals surface area (Å²) in [5.41, 5.74) is 3.30. The van der Waals surface area contributed by atoms with E-state index in [1.54, 1.807) is 0 Å². The van der Waals surface area contributed by atoms with Gasteiger partial charge in [0.1, 0.15) is 0 Å². The van der Waals surface area contributed by atoms with E-state index in [0.717, 1.165) is 24.0 Å². The van der Waals surface area contributed by atoms with Gasteiger partial charge in [-0.25, -0.2) is 4.99 Å². The van der Waals surface area contributed by atoms with Crippen molar-refractivity contribution in [2.24, 2.45) is 4.99 Å². The van der Waals surface area contributed by atoms with Crippen molar-refractivity contribution in [1.29, 1.82) is 0 Å². The van der Waals surface area contributed by atoms with Gasteiger partial charge in [0.05, 0.1) is 25.4 Å². The molecule has 0 aliphatic heterocycles. The van der Waals surface area contributed by atoms with Gasteiger partial charge in [-0.1, -0.05) is 43.3 Å². The summed E-state index contributed by atoms with van der Waals surface area (Å²) < 4.78 is 10.9. The lowest BCUT2D eigenvalue weighted by atomic mass is 10.1. The van der Waals surface area contributed by atoms with Crippen LogP contribution in [-0.2, 0) is 24.4 Å². The van der Waals surface area contributed by atoms with Crippen molar-refractivity contribution in [2.45, 2.75) is 53.3 Å². The third-order valence-electron chi connectivity index (χ3n) is 3.93. The lowest BCUT2D eigenvalue weighted by Crippen LogP contribution is -2.36. The van der Waals surface area contributed by atoms with E-state index in [1.807, 2.05) is 32.0 Å². The molecule has 26 heavy (non-hydrogen) atoms. The first-order chi connectivity index (χ1) is 12.6. The third-order valence-corrected chi connectivity index (χ3v) is 3.93. The van der Waals surface area contributed by atoms with Gasteiger partial charge < -0.3 is 19.9 Å². The van der Waals surface area contributed by atoms with Gasteiger partial charge in [0.15, 0.2) is 11.7 Å². The zero-order valence-electron chi connectivity index (χ0n) is 16.2. The van der Waals surface area contributed by atoms with Gasteiger partial charge in [0.2, 0.25) is 0 Å².